The zero-order chi connectivity index (χ0) is 14.7. The minimum Gasteiger partial charge on any atom is -0.497 e. The number of para-hydroxylation sites is 1. The van der Waals surface area contributed by atoms with Gasteiger partial charge in [-0.2, -0.15) is 9.36 Å². The molecule has 1 aromatic heterocycles. The maximum atomic E-state index is 12.3. The molecule has 0 radical (unpaired) electrons. The van der Waals surface area contributed by atoms with E-state index in [9.17, 15) is 4.79 Å². The normalized spacial score (nSPS) is 10.5. The van der Waals surface area contributed by atoms with Gasteiger partial charge in [-0.05, 0) is 40.3 Å². The second-order valence-electron chi connectivity index (χ2n) is 4.51. The number of hydrogen-bond donors (Lipinski definition) is 0. The summed E-state index contributed by atoms with van der Waals surface area (Å²) in [6, 6.07) is 16.7. The van der Waals surface area contributed by atoms with Crippen molar-refractivity contribution in [1.29, 1.82) is 0 Å². The number of tetrazole rings is 1. The maximum Gasteiger partial charge on any atom is 0.368 e. The van der Waals surface area contributed by atoms with Crippen molar-refractivity contribution in [2.45, 2.75) is 6.54 Å². The van der Waals surface area contributed by atoms with Gasteiger partial charge in [0.1, 0.15) is 5.75 Å². The number of methoxy groups -OCH3 is 1. The largest absolute Gasteiger partial charge is 0.497 e. The summed E-state index contributed by atoms with van der Waals surface area (Å²) in [5, 5.41) is 7.82. The summed E-state index contributed by atoms with van der Waals surface area (Å²) >= 11 is 0. The molecule has 0 aliphatic carbocycles. The molecule has 0 aliphatic heterocycles. The topological polar surface area (TPSA) is 61.9 Å². The van der Waals surface area contributed by atoms with E-state index in [-0.39, 0.29) is 5.69 Å². The van der Waals surface area contributed by atoms with Gasteiger partial charge in [0.2, 0.25) is 0 Å². The van der Waals surface area contributed by atoms with Crippen molar-refractivity contribution in [2.24, 2.45) is 0 Å². The molecule has 0 unspecified atom stereocenters. The molecule has 106 valence electrons. The van der Waals surface area contributed by atoms with Gasteiger partial charge in [-0.3, -0.25) is 0 Å². The van der Waals surface area contributed by atoms with E-state index in [0.717, 1.165) is 11.3 Å². The Bertz CT molecular complexity index is 775. The number of rotatable bonds is 4. The van der Waals surface area contributed by atoms with Crippen LogP contribution in [0.4, 0.5) is 0 Å². The van der Waals surface area contributed by atoms with Crippen LogP contribution in [0.3, 0.4) is 0 Å². The number of hydrogen-bond acceptors (Lipinski definition) is 4. The van der Waals surface area contributed by atoms with Crippen LogP contribution in [0, 0.1) is 0 Å². The van der Waals surface area contributed by atoms with Crippen molar-refractivity contribution in [2.75, 3.05) is 7.11 Å². The molecule has 3 rings (SSSR count). The molecule has 0 bridgehead atoms. The Kier molecular flexibility index (Phi) is 3.51. The van der Waals surface area contributed by atoms with Crippen molar-refractivity contribution >= 4 is 0 Å². The van der Waals surface area contributed by atoms with Crippen LogP contribution in [-0.4, -0.2) is 26.9 Å². The Labute approximate surface area is 121 Å². The van der Waals surface area contributed by atoms with Crippen LogP contribution >= 0.6 is 0 Å². The van der Waals surface area contributed by atoms with Gasteiger partial charge >= 0.3 is 5.69 Å². The first kappa shape index (κ1) is 13.1. The number of benzene rings is 2. The van der Waals surface area contributed by atoms with E-state index < -0.39 is 0 Å². The Morgan fingerprint density at radius 3 is 2.38 bits per heavy atom. The molecule has 0 atom stereocenters. The van der Waals surface area contributed by atoms with Gasteiger partial charge < -0.3 is 4.74 Å². The predicted molar refractivity (Wildman–Crippen MR) is 77.7 cm³/mol. The fraction of sp³-hybridized carbons (Fsp3) is 0.133. The zero-order valence-corrected chi connectivity index (χ0v) is 11.5. The summed E-state index contributed by atoms with van der Waals surface area (Å²) in [5.41, 5.74) is 1.39. The van der Waals surface area contributed by atoms with E-state index in [1.165, 1.54) is 9.36 Å². The molecule has 0 saturated carbocycles. The summed E-state index contributed by atoms with van der Waals surface area (Å²) in [6.45, 7) is 0.371. The Balaban J connectivity index is 1.87. The highest BCUT2D eigenvalue weighted by Crippen LogP contribution is 2.11. The van der Waals surface area contributed by atoms with Crippen LogP contribution in [0.5, 0.6) is 5.75 Å². The predicted octanol–water partition coefficient (Wildman–Crippen LogP) is 1.49. The van der Waals surface area contributed by atoms with Crippen molar-refractivity contribution in [1.82, 2.24) is 19.8 Å². The first-order valence-corrected chi connectivity index (χ1v) is 6.49. The fourth-order valence-electron chi connectivity index (χ4n) is 2.01. The monoisotopic (exact) mass is 282 g/mol. The number of aromatic nitrogens is 4. The molecular formula is C15H14N4O2. The van der Waals surface area contributed by atoms with E-state index in [0.29, 0.717) is 12.2 Å². The van der Waals surface area contributed by atoms with E-state index in [4.69, 9.17) is 4.74 Å². The minimum atomic E-state index is -0.267. The van der Waals surface area contributed by atoms with E-state index in [2.05, 4.69) is 10.4 Å². The zero-order valence-electron chi connectivity index (χ0n) is 11.5. The SMILES string of the molecule is COc1ccc(Cn2nnn(-c3ccccc3)c2=O)cc1. The first-order chi connectivity index (χ1) is 10.3. The third-order valence-corrected chi connectivity index (χ3v) is 3.13. The van der Waals surface area contributed by atoms with E-state index in [1.807, 2.05) is 54.6 Å². The average Bonchev–Trinajstić information content (AvgIpc) is 2.90. The molecule has 6 heteroatoms. The van der Waals surface area contributed by atoms with E-state index in [1.54, 1.807) is 7.11 Å². The lowest BCUT2D eigenvalue weighted by molar-refractivity contribution is 0.414. The molecule has 6 nitrogen and oxygen atoms in total. The molecule has 0 fully saturated rings. The second kappa shape index (κ2) is 5.62. The van der Waals surface area contributed by atoms with Crippen LogP contribution in [0.2, 0.25) is 0 Å². The third-order valence-electron chi connectivity index (χ3n) is 3.13. The summed E-state index contributed by atoms with van der Waals surface area (Å²) in [4.78, 5) is 12.3. The van der Waals surface area contributed by atoms with Gasteiger partial charge in [0, 0.05) is 0 Å². The molecule has 0 amide bonds. The molecule has 0 saturated heterocycles. The van der Waals surface area contributed by atoms with Gasteiger partial charge in [-0.15, -0.1) is 0 Å². The Morgan fingerprint density at radius 2 is 1.71 bits per heavy atom. The molecular weight excluding hydrogens is 268 g/mol. The Morgan fingerprint density at radius 1 is 1.00 bits per heavy atom. The number of nitrogens with zero attached hydrogens (tertiary/aromatic N) is 4. The Hall–Kier alpha value is -2.89. The van der Waals surface area contributed by atoms with Gasteiger partial charge in [-0.25, -0.2) is 4.79 Å². The molecule has 0 spiro atoms. The van der Waals surface area contributed by atoms with Crippen molar-refractivity contribution in [3.05, 3.63) is 70.6 Å². The third kappa shape index (κ3) is 2.69. The lowest BCUT2D eigenvalue weighted by atomic mass is 10.2. The molecule has 3 aromatic rings. The summed E-state index contributed by atoms with van der Waals surface area (Å²) in [6.07, 6.45) is 0. The molecule has 0 N–H and O–H groups in total. The van der Waals surface area contributed by atoms with Gasteiger partial charge in [0.05, 0.1) is 19.3 Å². The van der Waals surface area contributed by atoms with Crippen LogP contribution in [0.25, 0.3) is 5.69 Å². The summed E-state index contributed by atoms with van der Waals surface area (Å²) in [5.74, 6) is 0.777. The van der Waals surface area contributed by atoms with Crippen LogP contribution in [-0.2, 0) is 6.54 Å². The van der Waals surface area contributed by atoms with Crippen molar-refractivity contribution < 1.29 is 4.74 Å². The van der Waals surface area contributed by atoms with E-state index >= 15 is 0 Å². The minimum absolute atomic E-state index is 0.267. The molecule has 0 aliphatic rings. The molecule has 2 aromatic carbocycles. The first-order valence-electron chi connectivity index (χ1n) is 6.49. The smallest absolute Gasteiger partial charge is 0.368 e. The van der Waals surface area contributed by atoms with Gasteiger partial charge in [0.15, 0.2) is 0 Å². The maximum absolute atomic E-state index is 12.3. The van der Waals surface area contributed by atoms with Crippen molar-refractivity contribution in [3.63, 3.8) is 0 Å². The highest BCUT2D eigenvalue weighted by molar-refractivity contribution is 5.29. The van der Waals surface area contributed by atoms with Gasteiger partial charge in [-0.1, -0.05) is 30.3 Å². The van der Waals surface area contributed by atoms with Crippen LogP contribution < -0.4 is 10.4 Å². The highest BCUT2D eigenvalue weighted by Gasteiger charge is 2.08. The van der Waals surface area contributed by atoms with Crippen molar-refractivity contribution in [3.8, 4) is 11.4 Å². The lowest BCUT2D eigenvalue weighted by Gasteiger charge is -2.02. The van der Waals surface area contributed by atoms with Crippen LogP contribution in [0.1, 0.15) is 5.56 Å². The number of ether oxygens (including phenoxy) is 1. The van der Waals surface area contributed by atoms with Gasteiger partial charge in [0.25, 0.3) is 0 Å². The standard InChI is InChI=1S/C15H14N4O2/c1-21-14-9-7-12(8-10-14)11-18-15(20)19(17-16-18)13-5-3-2-4-6-13/h2-10H,11H2,1H3. The lowest BCUT2D eigenvalue weighted by Crippen LogP contribution is -2.24. The summed E-state index contributed by atoms with van der Waals surface area (Å²) in [7, 11) is 1.62. The molecule has 1 heterocycles. The average molecular weight is 282 g/mol. The highest BCUT2D eigenvalue weighted by atomic mass is 16.5. The fourth-order valence-corrected chi connectivity index (χ4v) is 2.01. The second-order valence-corrected chi connectivity index (χ2v) is 4.51. The van der Waals surface area contributed by atoms with Crippen LogP contribution in [0.15, 0.2) is 59.4 Å². The molecule has 21 heavy (non-hydrogen) atoms. The summed E-state index contributed by atoms with van der Waals surface area (Å²) < 4.78 is 7.71. The quantitative estimate of drug-likeness (QED) is 0.727.